The molecule has 0 radical (unpaired) electrons. The van der Waals surface area contributed by atoms with Crippen molar-refractivity contribution >= 4 is 5.91 Å². The van der Waals surface area contributed by atoms with Crippen molar-refractivity contribution in [1.29, 1.82) is 0 Å². The molecule has 2 aliphatic heterocycles. The summed E-state index contributed by atoms with van der Waals surface area (Å²) in [5.41, 5.74) is 1.63. The van der Waals surface area contributed by atoms with Gasteiger partial charge in [-0.1, -0.05) is 36.2 Å². The average Bonchev–Trinajstić information content (AvgIpc) is 3.19. The largest absolute Gasteiger partial charge is 0.494 e. The Kier molecular flexibility index (Phi) is 9.65. The minimum absolute atomic E-state index is 0.292. The second-order valence-electron chi connectivity index (χ2n) is 10.5. The Balaban J connectivity index is 1.20. The number of carbonyl (C=O) groups excluding carboxylic acids is 1. The Morgan fingerprint density at radius 2 is 1.78 bits per heavy atom. The van der Waals surface area contributed by atoms with Crippen molar-refractivity contribution in [3.8, 4) is 11.5 Å². The van der Waals surface area contributed by atoms with Crippen molar-refractivity contribution in [3.63, 3.8) is 0 Å². The first-order valence-electron chi connectivity index (χ1n) is 13.6. The predicted molar refractivity (Wildman–Crippen MR) is 142 cm³/mol. The maximum Gasteiger partial charge on any atom is 0.222 e. The first-order chi connectivity index (χ1) is 17.5. The fourth-order valence-corrected chi connectivity index (χ4v) is 5.10. The number of aliphatic hydroxyl groups is 1. The Bertz CT molecular complexity index is 964. The summed E-state index contributed by atoms with van der Waals surface area (Å²) >= 11 is 0. The minimum atomic E-state index is -0.792. The fraction of sp³-hybridized carbons (Fsp3) is 0.567. The SMILES string of the molecule is Cc1ccc(OC[C@]2(O)CCCN(Cc3cccc(OCCCN4CCCCCC4=O)c3)CC2)cc1. The predicted octanol–water partition coefficient (Wildman–Crippen LogP) is 4.96. The number of nitrogens with zero attached hydrogens (tertiary/aromatic N) is 2. The average molecular weight is 495 g/mol. The van der Waals surface area contributed by atoms with E-state index in [0.29, 0.717) is 32.0 Å². The van der Waals surface area contributed by atoms with Crippen molar-refractivity contribution in [2.45, 2.75) is 70.4 Å². The van der Waals surface area contributed by atoms with Gasteiger partial charge in [-0.05, 0) is 81.8 Å². The minimum Gasteiger partial charge on any atom is -0.494 e. The molecule has 2 aromatic carbocycles. The molecule has 2 heterocycles. The summed E-state index contributed by atoms with van der Waals surface area (Å²) in [5.74, 6) is 1.98. The highest BCUT2D eigenvalue weighted by Gasteiger charge is 2.31. The number of carbonyl (C=O) groups is 1. The molecule has 196 valence electrons. The highest BCUT2D eigenvalue weighted by Crippen LogP contribution is 2.26. The van der Waals surface area contributed by atoms with Gasteiger partial charge >= 0.3 is 0 Å². The standard InChI is InChI=1S/C30H42N2O4/c1-25-11-13-27(14-12-25)36-24-30(34)15-6-17-31(20-16-30)23-26-8-5-9-28(22-26)35-21-7-19-32-18-4-2-3-10-29(32)33/h5,8-9,11-14,22,34H,2-4,6-7,10,15-21,23-24H2,1H3/t30-/m0/s1. The van der Waals surface area contributed by atoms with Gasteiger partial charge in [-0.2, -0.15) is 0 Å². The molecule has 0 spiro atoms. The second kappa shape index (κ2) is 13.1. The number of aryl methyl sites for hydroxylation is 1. The number of hydrogen-bond donors (Lipinski definition) is 1. The van der Waals surface area contributed by atoms with E-state index in [-0.39, 0.29) is 0 Å². The molecule has 2 saturated heterocycles. The van der Waals surface area contributed by atoms with Crippen LogP contribution in [0.5, 0.6) is 11.5 Å². The second-order valence-corrected chi connectivity index (χ2v) is 10.5. The Hall–Kier alpha value is -2.57. The Morgan fingerprint density at radius 1 is 0.917 bits per heavy atom. The number of likely N-dealkylation sites (tertiary alicyclic amines) is 2. The normalized spacial score (nSPS) is 21.6. The van der Waals surface area contributed by atoms with E-state index in [1.807, 2.05) is 41.3 Å². The van der Waals surface area contributed by atoms with Gasteiger partial charge in [0.15, 0.2) is 0 Å². The third-order valence-corrected chi connectivity index (χ3v) is 7.36. The molecular formula is C30H42N2O4. The first kappa shape index (κ1) is 26.5. The van der Waals surface area contributed by atoms with E-state index in [1.165, 1.54) is 11.1 Å². The van der Waals surface area contributed by atoms with Gasteiger partial charge in [0.1, 0.15) is 18.1 Å². The number of ether oxygens (including phenoxy) is 2. The van der Waals surface area contributed by atoms with E-state index in [4.69, 9.17) is 9.47 Å². The summed E-state index contributed by atoms with van der Waals surface area (Å²) < 4.78 is 11.9. The molecule has 0 aliphatic carbocycles. The van der Waals surface area contributed by atoms with E-state index in [2.05, 4.69) is 24.0 Å². The maximum absolute atomic E-state index is 12.1. The first-order valence-corrected chi connectivity index (χ1v) is 13.6. The van der Waals surface area contributed by atoms with Gasteiger partial charge in [-0.3, -0.25) is 9.69 Å². The Morgan fingerprint density at radius 3 is 2.64 bits per heavy atom. The third-order valence-electron chi connectivity index (χ3n) is 7.36. The van der Waals surface area contributed by atoms with Crippen molar-refractivity contribution in [1.82, 2.24) is 9.80 Å². The van der Waals surface area contributed by atoms with E-state index >= 15 is 0 Å². The van der Waals surface area contributed by atoms with Gasteiger partial charge in [-0.15, -0.1) is 0 Å². The van der Waals surface area contributed by atoms with E-state index in [1.54, 1.807) is 0 Å². The summed E-state index contributed by atoms with van der Waals surface area (Å²) in [7, 11) is 0. The molecule has 2 fully saturated rings. The smallest absolute Gasteiger partial charge is 0.222 e. The summed E-state index contributed by atoms with van der Waals surface area (Å²) in [6.45, 7) is 7.31. The lowest BCUT2D eigenvalue weighted by atomic mass is 9.96. The molecule has 0 aromatic heterocycles. The molecule has 2 aliphatic rings. The topological polar surface area (TPSA) is 62.2 Å². The van der Waals surface area contributed by atoms with Gasteiger partial charge in [-0.25, -0.2) is 0 Å². The molecule has 1 N–H and O–H groups in total. The number of hydrogen-bond acceptors (Lipinski definition) is 5. The lowest BCUT2D eigenvalue weighted by molar-refractivity contribution is -0.130. The van der Waals surface area contributed by atoms with Crippen LogP contribution in [0.15, 0.2) is 48.5 Å². The summed E-state index contributed by atoms with van der Waals surface area (Å²) in [6.07, 6.45) is 7.23. The van der Waals surface area contributed by atoms with Crippen molar-refractivity contribution in [2.75, 3.05) is 39.4 Å². The molecule has 0 saturated carbocycles. The van der Waals surface area contributed by atoms with Crippen molar-refractivity contribution in [2.24, 2.45) is 0 Å². The van der Waals surface area contributed by atoms with Crippen LogP contribution in [-0.4, -0.2) is 65.8 Å². The van der Waals surface area contributed by atoms with E-state index in [0.717, 1.165) is 82.7 Å². The van der Waals surface area contributed by atoms with E-state index < -0.39 is 5.60 Å². The quantitative estimate of drug-likeness (QED) is 0.473. The zero-order chi connectivity index (χ0) is 25.2. The van der Waals surface area contributed by atoms with Gasteiger partial charge < -0.3 is 19.5 Å². The van der Waals surface area contributed by atoms with Crippen LogP contribution in [0.2, 0.25) is 0 Å². The monoisotopic (exact) mass is 494 g/mol. The Labute approximate surface area is 216 Å². The lowest BCUT2D eigenvalue weighted by Gasteiger charge is -2.27. The van der Waals surface area contributed by atoms with Crippen LogP contribution in [-0.2, 0) is 11.3 Å². The third kappa shape index (κ3) is 8.24. The van der Waals surface area contributed by atoms with Crippen molar-refractivity contribution in [3.05, 3.63) is 59.7 Å². The van der Waals surface area contributed by atoms with Crippen LogP contribution < -0.4 is 9.47 Å². The zero-order valence-corrected chi connectivity index (χ0v) is 21.8. The molecule has 1 atom stereocenters. The van der Waals surface area contributed by atoms with Gasteiger partial charge in [0, 0.05) is 32.6 Å². The van der Waals surface area contributed by atoms with Gasteiger partial charge in [0.25, 0.3) is 0 Å². The highest BCUT2D eigenvalue weighted by molar-refractivity contribution is 5.76. The molecule has 2 aromatic rings. The van der Waals surface area contributed by atoms with Crippen LogP contribution in [0, 0.1) is 6.92 Å². The zero-order valence-electron chi connectivity index (χ0n) is 21.8. The summed E-state index contributed by atoms with van der Waals surface area (Å²) in [6, 6.07) is 16.3. The van der Waals surface area contributed by atoms with Crippen molar-refractivity contribution < 1.29 is 19.4 Å². The number of rotatable bonds is 10. The lowest BCUT2D eigenvalue weighted by Crippen LogP contribution is -2.37. The fourth-order valence-electron chi connectivity index (χ4n) is 5.10. The van der Waals surface area contributed by atoms with Crippen LogP contribution in [0.4, 0.5) is 0 Å². The van der Waals surface area contributed by atoms with Crippen LogP contribution in [0.3, 0.4) is 0 Å². The van der Waals surface area contributed by atoms with Gasteiger partial charge in [0.2, 0.25) is 5.91 Å². The molecule has 6 nitrogen and oxygen atoms in total. The number of amides is 1. The molecule has 4 rings (SSSR count). The summed E-state index contributed by atoms with van der Waals surface area (Å²) in [4.78, 5) is 16.6. The highest BCUT2D eigenvalue weighted by atomic mass is 16.5. The molecule has 1 amide bonds. The number of benzene rings is 2. The summed E-state index contributed by atoms with van der Waals surface area (Å²) in [5, 5.41) is 11.1. The molecule has 36 heavy (non-hydrogen) atoms. The molecular weight excluding hydrogens is 452 g/mol. The molecule has 0 bridgehead atoms. The molecule has 0 unspecified atom stereocenters. The molecule has 6 heteroatoms. The van der Waals surface area contributed by atoms with Crippen LogP contribution >= 0.6 is 0 Å². The van der Waals surface area contributed by atoms with Crippen LogP contribution in [0.1, 0.15) is 62.5 Å². The van der Waals surface area contributed by atoms with E-state index in [9.17, 15) is 9.90 Å². The maximum atomic E-state index is 12.1. The van der Waals surface area contributed by atoms with Crippen LogP contribution in [0.25, 0.3) is 0 Å². The van der Waals surface area contributed by atoms with Gasteiger partial charge in [0.05, 0.1) is 12.2 Å².